The summed E-state index contributed by atoms with van der Waals surface area (Å²) in [5.74, 6) is -0.291. The van der Waals surface area contributed by atoms with Gasteiger partial charge in [0.1, 0.15) is 0 Å². The minimum absolute atomic E-state index is 0.0137. The zero-order valence-corrected chi connectivity index (χ0v) is 13.1. The van der Waals surface area contributed by atoms with Crippen molar-refractivity contribution in [1.29, 1.82) is 0 Å². The summed E-state index contributed by atoms with van der Waals surface area (Å²) in [6, 6.07) is 13.4. The number of ether oxygens (including phenoxy) is 3. The SMILES string of the molecule is COc1ccc([N+](=O)[O-])cc1OC(=O)CCOCc1ccccc1. The van der Waals surface area contributed by atoms with Gasteiger partial charge in [-0.05, 0) is 11.6 Å². The van der Waals surface area contributed by atoms with Gasteiger partial charge in [-0.1, -0.05) is 30.3 Å². The topological polar surface area (TPSA) is 87.9 Å². The van der Waals surface area contributed by atoms with Gasteiger partial charge in [0, 0.05) is 6.07 Å². The van der Waals surface area contributed by atoms with Crippen molar-refractivity contribution in [2.75, 3.05) is 13.7 Å². The molecule has 2 aromatic rings. The van der Waals surface area contributed by atoms with Crippen LogP contribution in [-0.4, -0.2) is 24.6 Å². The largest absolute Gasteiger partial charge is 0.493 e. The summed E-state index contributed by atoms with van der Waals surface area (Å²) in [5, 5.41) is 10.8. The Morgan fingerprint density at radius 1 is 1.12 bits per heavy atom. The summed E-state index contributed by atoms with van der Waals surface area (Å²) in [7, 11) is 1.39. The Morgan fingerprint density at radius 3 is 2.54 bits per heavy atom. The number of rotatable bonds is 8. The van der Waals surface area contributed by atoms with Gasteiger partial charge in [0.25, 0.3) is 5.69 Å². The third kappa shape index (κ3) is 5.06. The van der Waals surface area contributed by atoms with Crippen LogP contribution in [0.1, 0.15) is 12.0 Å². The summed E-state index contributed by atoms with van der Waals surface area (Å²) >= 11 is 0. The van der Waals surface area contributed by atoms with E-state index >= 15 is 0 Å². The number of esters is 1. The zero-order chi connectivity index (χ0) is 17.4. The molecule has 0 heterocycles. The third-order valence-electron chi connectivity index (χ3n) is 3.14. The minimum atomic E-state index is -0.570. The summed E-state index contributed by atoms with van der Waals surface area (Å²) < 4.78 is 15.6. The molecule has 0 spiro atoms. The molecule has 0 amide bonds. The number of nitro benzene ring substituents is 1. The molecule has 2 aromatic carbocycles. The van der Waals surface area contributed by atoms with Crippen LogP contribution in [0, 0.1) is 10.1 Å². The van der Waals surface area contributed by atoms with Crippen molar-refractivity contribution in [2.24, 2.45) is 0 Å². The molecular weight excluding hydrogens is 314 g/mol. The van der Waals surface area contributed by atoms with Gasteiger partial charge in [0.2, 0.25) is 0 Å². The first-order chi connectivity index (χ1) is 11.6. The predicted octanol–water partition coefficient (Wildman–Crippen LogP) is 3.12. The molecule has 0 fully saturated rings. The van der Waals surface area contributed by atoms with Crippen LogP contribution in [0.25, 0.3) is 0 Å². The molecule has 24 heavy (non-hydrogen) atoms. The molecule has 7 nitrogen and oxygen atoms in total. The zero-order valence-electron chi connectivity index (χ0n) is 13.1. The molecule has 0 aromatic heterocycles. The maximum atomic E-state index is 11.8. The Bertz CT molecular complexity index is 701. The van der Waals surface area contributed by atoms with Gasteiger partial charge in [-0.15, -0.1) is 0 Å². The fourth-order valence-electron chi connectivity index (χ4n) is 1.95. The van der Waals surface area contributed by atoms with Crippen LogP contribution in [-0.2, 0) is 16.1 Å². The summed E-state index contributed by atoms with van der Waals surface area (Å²) in [4.78, 5) is 22.1. The van der Waals surface area contributed by atoms with Gasteiger partial charge < -0.3 is 14.2 Å². The second-order valence-electron chi connectivity index (χ2n) is 4.85. The fraction of sp³-hybridized carbons (Fsp3) is 0.235. The van der Waals surface area contributed by atoms with Gasteiger partial charge >= 0.3 is 5.97 Å². The Kier molecular flexibility index (Phi) is 6.27. The van der Waals surface area contributed by atoms with Crippen molar-refractivity contribution in [2.45, 2.75) is 13.0 Å². The van der Waals surface area contributed by atoms with Crippen molar-refractivity contribution in [3.05, 3.63) is 64.2 Å². The van der Waals surface area contributed by atoms with Crippen molar-refractivity contribution in [1.82, 2.24) is 0 Å². The van der Waals surface area contributed by atoms with Gasteiger partial charge in [-0.3, -0.25) is 14.9 Å². The number of nitrogens with zero attached hydrogens (tertiary/aromatic N) is 1. The molecular formula is C17H17NO6. The molecule has 0 aliphatic heterocycles. The Morgan fingerprint density at radius 2 is 1.88 bits per heavy atom. The summed E-state index contributed by atoms with van der Waals surface area (Å²) in [5.41, 5.74) is 0.824. The average molecular weight is 331 g/mol. The molecule has 0 saturated carbocycles. The summed E-state index contributed by atoms with van der Waals surface area (Å²) in [6.45, 7) is 0.583. The number of carbonyl (C=O) groups is 1. The van der Waals surface area contributed by atoms with Crippen LogP contribution in [0.2, 0.25) is 0 Å². The summed E-state index contributed by atoms with van der Waals surface area (Å²) in [6.07, 6.45) is 0.0265. The number of non-ortho nitro benzene ring substituents is 1. The van der Waals surface area contributed by atoms with E-state index in [1.54, 1.807) is 0 Å². The highest BCUT2D eigenvalue weighted by Gasteiger charge is 2.15. The quantitative estimate of drug-likeness (QED) is 0.243. The van der Waals surface area contributed by atoms with Crippen molar-refractivity contribution < 1.29 is 23.9 Å². The first kappa shape index (κ1) is 17.4. The highest BCUT2D eigenvalue weighted by molar-refractivity contribution is 5.73. The van der Waals surface area contributed by atoms with E-state index in [9.17, 15) is 14.9 Å². The van der Waals surface area contributed by atoms with E-state index in [-0.39, 0.29) is 30.2 Å². The van der Waals surface area contributed by atoms with Gasteiger partial charge in [-0.25, -0.2) is 0 Å². The molecule has 0 unspecified atom stereocenters. The predicted molar refractivity (Wildman–Crippen MR) is 86.0 cm³/mol. The number of hydrogen-bond acceptors (Lipinski definition) is 6. The van der Waals surface area contributed by atoms with Gasteiger partial charge in [0.15, 0.2) is 11.5 Å². The number of carbonyl (C=O) groups excluding carboxylic acids is 1. The smallest absolute Gasteiger partial charge is 0.313 e. The molecule has 0 radical (unpaired) electrons. The Hall–Kier alpha value is -2.93. The van der Waals surface area contributed by atoms with Crippen molar-refractivity contribution in [3.63, 3.8) is 0 Å². The molecule has 0 atom stereocenters. The number of methoxy groups -OCH3 is 1. The van der Waals surface area contributed by atoms with Crippen LogP contribution < -0.4 is 9.47 Å². The average Bonchev–Trinajstić information content (AvgIpc) is 2.59. The number of hydrogen-bond donors (Lipinski definition) is 0. The standard InChI is InChI=1S/C17H17NO6/c1-22-15-8-7-14(18(20)21)11-16(15)24-17(19)9-10-23-12-13-5-3-2-4-6-13/h2-8,11H,9-10,12H2,1H3. The number of benzene rings is 2. The van der Waals surface area contributed by atoms with Crippen LogP contribution in [0.15, 0.2) is 48.5 Å². The van der Waals surface area contributed by atoms with Crippen LogP contribution >= 0.6 is 0 Å². The van der Waals surface area contributed by atoms with E-state index < -0.39 is 10.9 Å². The monoisotopic (exact) mass is 331 g/mol. The number of nitro groups is 1. The van der Waals surface area contributed by atoms with Crippen molar-refractivity contribution in [3.8, 4) is 11.5 Å². The Balaban J connectivity index is 1.85. The van der Waals surface area contributed by atoms with E-state index in [4.69, 9.17) is 14.2 Å². The first-order valence-electron chi connectivity index (χ1n) is 7.25. The lowest BCUT2D eigenvalue weighted by Crippen LogP contribution is -2.12. The molecule has 0 aliphatic rings. The maximum Gasteiger partial charge on any atom is 0.313 e. The highest BCUT2D eigenvalue weighted by atomic mass is 16.6. The van der Waals surface area contributed by atoms with E-state index in [0.717, 1.165) is 11.6 Å². The van der Waals surface area contributed by atoms with Gasteiger partial charge in [0.05, 0.1) is 37.7 Å². The van der Waals surface area contributed by atoms with E-state index in [1.807, 2.05) is 30.3 Å². The normalized spacial score (nSPS) is 10.2. The molecule has 7 heteroatoms. The Labute approximate surface area is 138 Å². The van der Waals surface area contributed by atoms with E-state index in [1.165, 1.54) is 19.2 Å². The van der Waals surface area contributed by atoms with Gasteiger partial charge in [-0.2, -0.15) is 0 Å². The second kappa shape index (κ2) is 8.64. The fourth-order valence-corrected chi connectivity index (χ4v) is 1.95. The van der Waals surface area contributed by atoms with Crippen LogP contribution in [0.5, 0.6) is 11.5 Å². The van der Waals surface area contributed by atoms with Crippen molar-refractivity contribution >= 4 is 11.7 Å². The molecule has 0 N–H and O–H groups in total. The molecule has 0 bridgehead atoms. The maximum absolute atomic E-state index is 11.8. The highest BCUT2D eigenvalue weighted by Crippen LogP contribution is 2.31. The lowest BCUT2D eigenvalue weighted by atomic mass is 10.2. The van der Waals surface area contributed by atoms with Crippen LogP contribution in [0.3, 0.4) is 0 Å². The molecule has 126 valence electrons. The lowest BCUT2D eigenvalue weighted by molar-refractivity contribution is -0.384. The first-order valence-corrected chi connectivity index (χ1v) is 7.25. The van der Waals surface area contributed by atoms with E-state index in [0.29, 0.717) is 6.61 Å². The van der Waals surface area contributed by atoms with E-state index in [2.05, 4.69) is 0 Å². The molecule has 2 rings (SSSR count). The molecule has 0 saturated heterocycles. The van der Waals surface area contributed by atoms with Crippen LogP contribution in [0.4, 0.5) is 5.69 Å². The minimum Gasteiger partial charge on any atom is -0.493 e. The second-order valence-corrected chi connectivity index (χ2v) is 4.85. The third-order valence-corrected chi connectivity index (χ3v) is 3.14. The molecule has 0 aliphatic carbocycles. The lowest BCUT2D eigenvalue weighted by Gasteiger charge is -2.09.